The highest BCUT2D eigenvalue weighted by Crippen LogP contribution is 2.25. The number of aromatic nitrogens is 3. The lowest BCUT2D eigenvalue weighted by Crippen LogP contribution is -2.42. The summed E-state index contributed by atoms with van der Waals surface area (Å²) in [5.74, 6) is 1.04. The number of hydrogen-bond donors (Lipinski definition) is 2. The van der Waals surface area contributed by atoms with Crippen molar-refractivity contribution in [3.63, 3.8) is 0 Å². The van der Waals surface area contributed by atoms with Crippen molar-refractivity contribution < 1.29 is 9.53 Å². The number of nitrogens with zero attached hydrogens (tertiary/aromatic N) is 4. The van der Waals surface area contributed by atoms with Crippen LogP contribution in [0.5, 0.6) is 0 Å². The van der Waals surface area contributed by atoms with Gasteiger partial charge in [0.25, 0.3) is 0 Å². The molecule has 1 fully saturated rings. The minimum absolute atomic E-state index is 0.181. The number of likely N-dealkylation sites (tertiary alicyclic amines) is 1. The standard InChI is InChI=1S/C18H23ClN6O2/c1-3-27-18(26)25-9-7-13(8-10-25)21-17-23-16(11-20-24-17)22-15-6-4-5-14(19)12(15)2/h4-6,11,13H,3,7-10H2,1-2H3,(H2,21,22,23,24). The van der Waals surface area contributed by atoms with Crippen LogP contribution in [0.15, 0.2) is 24.4 Å². The van der Waals surface area contributed by atoms with Crippen LogP contribution in [-0.2, 0) is 4.74 Å². The van der Waals surface area contributed by atoms with E-state index in [1.165, 1.54) is 0 Å². The lowest BCUT2D eigenvalue weighted by Gasteiger charge is -2.31. The van der Waals surface area contributed by atoms with Gasteiger partial charge < -0.3 is 20.3 Å². The molecule has 1 amide bonds. The van der Waals surface area contributed by atoms with Crippen molar-refractivity contribution in [2.45, 2.75) is 32.7 Å². The fraction of sp³-hybridized carbons (Fsp3) is 0.444. The quantitative estimate of drug-likeness (QED) is 0.805. The van der Waals surface area contributed by atoms with E-state index < -0.39 is 0 Å². The molecule has 1 saturated heterocycles. The molecule has 0 unspecified atom stereocenters. The van der Waals surface area contributed by atoms with Crippen molar-refractivity contribution in [2.24, 2.45) is 0 Å². The summed E-state index contributed by atoms with van der Waals surface area (Å²) >= 11 is 6.16. The maximum absolute atomic E-state index is 11.8. The Morgan fingerprint density at radius 1 is 1.37 bits per heavy atom. The predicted octanol–water partition coefficient (Wildman–Crippen LogP) is 3.61. The van der Waals surface area contributed by atoms with Gasteiger partial charge in [-0.2, -0.15) is 10.1 Å². The largest absolute Gasteiger partial charge is 0.450 e. The minimum atomic E-state index is -0.253. The maximum atomic E-state index is 11.8. The molecule has 0 radical (unpaired) electrons. The van der Waals surface area contributed by atoms with E-state index in [4.69, 9.17) is 16.3 Å². The Hall–Kier alpha value is -2.61. The van der Waals surface area contributed by atoms with Crippen LogP contribution in [0.4, 0.5) is 22.2 Å². The van der Waals surface area contributed by atoms with Gasteiger partial charge in [0, 0.05) is 29.8 Å². The lowest BCUT2D eigenvalue weighted by molar-refractivity contribution is 0.0983. The number of halogens is 1. The van der Waals surface area contributed by atoms with Crippen LogP contribution in [-0.4, -0.2) is 51.9 Å². The van der Waals surface area contributed by atoms with Crippen molar-refractivity contribution in [1.29, 1.82) is 0 Å². The zero-order valence-electron chi connectivity index (χ0n) is 15.4. The number of rotatable bonds is 5. The van der Waals surface area contributed by atoms with Crippen molar-refractivity contribution in [2.75, 3.05) is 30.3 Å². The van der Waals surface area contributed by atoms with E-state index in [1.807, 2.05) is 32.0 Å². The first-order valence-electron chi connectivity index (χ1n) is 8.97. The molecular weight excluding hydrogens is 368 g/mol. The third-order valence-electron chi connectivity index (χ3n) is 4.44. The molecule has 1 aliphatic heterocycles. The molecule has 1 aromatic carbocycles. The summed E-state index contributed by atoms with van der Waals surface area (Å²) < 4.78 is 5.04. The fourth-order valence-electron chi connectivity index (χ4n) is 2.91. The Balaban J connectivity index is 1.58. The van der Waals surface area contributed by atoms with Crippen molar-refractivity contribution >= 4 is 35.1 Å². The van der Waals surface area contributed by atoms with Gasteiger partial charge in [0.2, 0.25) is 5.95 Å². The average Bonchev–Trinajstić information content (AvgIpc) is 2.67. The van der Waals surface area contributed by atoms with E-state index in [1.54, 1.807) is 11.1 Å². The first-order valence-corrected chi connectivity index (χ1v) is 9.34. The van der Waals surface area contributed by atoms with Crippen LogP contribution in [0.3, 0.4) is 0 Å². The van der Waals surface area contributed by atoms with Crippen LogP contribution >= 0.6 is 11.6 Å². The van der Waals surface area contributed by atoms with Crippen molar-refractivity contribution in [3.05, 3.63) is 35.0 Å². The van der Waals surface area contributed by atoms with Crippen LogP contribution < -0.4 is 10.6 Å². The Bertz CT molecular complexity index is 795. The molecule has 27 heavy (non-hydrogen) atoms. The van der Waals surface area contributed by atoms with Gasteiger partial charge in [0.05, 0.1) is 12.8 Å². The highest BCUT2D eigenvalue weighted by Gasteiger charge is 2.24. The predicted molar refractivity (Wildman–Crippen MR) is 105 cm³/mol. The number of carbonyl (C=O) groups is 1. The number of amides is 1. The molecular formula is C18H23ClN6O2. The Kier molecular flexibility index (Phi) is 6.28. The summed E-state index contributed by atoms with van der Waals surface area (Å²) in [7, 11) is 0. The number of piperidine rings is 1. The fourth-order valence-corrected chi connectivity index (χ4v) is 3.08. The highest BCUT2D eigenvalue weighted by molar-refractivity contribution is 6.31. The van der Waals surface area contributed by atoms with Gasteiger partial charge in [-0.3, -0.25) is 0 Å². The lowest BCUT2D eigenvalue weighted by atomic mass is 10.1. The summed E-state index contributed by atoms with van der Waals surface area (Å²) in [6.45, 7) is 5.42. The van der Waals surface area contributed by atoms with E-state index in [-0.39, 0.29) is 12.1 Å². The minimum Gasteiger partial charge on any atom is -0.450 e. The second-order valence-corrected chi connectivity index (χ2v) is 6.71. The third-order valence-corrected chi connectivity index (χ3v) is 4.85. The first-order chi connectivity index (χ1) is 13.1. The summed E-state index contributed by atoms with van der Waals surface area (Å²) in [5, 5.41) is 15.3. The van der Waals surface area contributed by atoms with E-state index >= 15 is 0 Å². The maximum Gasteiger partial charge on any atom is 0.409 e. The molecule has 2 heterocycles. The molecule has 9 heteroatoms. The molecule has 0 bridgehead atoms. The van der Waals surface area contributed by atoms with Crippen molar-refractivity contribution in [3.8, 4) is 0 Å². The van der Waals surface area contributed by atoms with Crippen LogP contribution in [0.2, 0.25) is 5.02 Å². The van der Waals surface area contributed by atoms with E-state index in [9.17, 15) is 4.79 Å². The smallest absolute Gasteiger partial charge is 0.409 e. The zero-order chi connectivity index (χ0) is 19.2. The van der Waals surface area contributed by atoms with Crippen molar-refractivity contribution in [1.82, 2.24) is 20.1 Å². The van der Waals surface area contributed by atoms with Crippen LogP contribution in [0, 0.1) is 6.92 Å². The molecule has 8 nitrogen and oxygen atoms in total. The second-order valence-electron chi connectivity index (χ2n) is 6.31. The summed E-state index contributed by atoms with van der Waals surface area (Å²) in [5.41, 5.74) is 1.82. The van der Waals surface area contributed by atoms with E-state index in [2.05, 4.69) is 25.8 Å². The highest BCUT2D eigenvalue weighted by atomic mass is 35.5. The summed E-state index contributed by atoms with van der Waals surface area (Å²) in [4.78, 5) is 18.0. The Morgan fingerprint density at radius 3 is 2.89 bits per heavy atom. The topological polar surface area (TPSA) is 92.3 Å². The second kappa shape index (κ2) is 8.85. The molecule has 144 valence electrons. The van der Waals surface area contributed by atoms with Gasteiger partial charge in [0.1, 0.15) is 0 Å². The Labute approximate surface area is 163 Å². The van der Waals surface area contributed by atoms with Gasteiger partial charge >= 0.3 is 6.09 Å². The Morgan fingerprint density at radius 2 is 2.15 bits per heavy atom. The molecule has 2 N–H and O–H groups in total. The van der Waals surface area contributed by atoms with Gasteiger partial charge in [-0.05, 0) is 44.4 Å². The van der Waals surface area contributed by atoms with Gasteiger partial charge in [-0.1, -0.05) is 17.7 Å². The number of anilines is 3. The average molecular weight is 391 g/mol. The number of carbonyl (C=O) groups excluding carboxylic acids is 1. The number of nitrogens with one attached hydrogen (secondary N) is 2. The molecule has 0 atom stereocenters. The number of hydrogen-bond acceptors (Lipinski definition) is 7. The summed E-state index contributed by atoms with van der Waals surface area (Å²) in [6.07, 6.45) is 2.91. The summed E-state index contributed by atoms with van der Waals surface area (Å²) in [6, 6.07) is 5.83. The van der Waals surface area contributed by atoms with Crippen LogP contribution in [0.25, 0.3) is 0 Å². The molecule has 1 aliphatic rings. The van der Waals surface area contributed by atoms with Gasteiger partial charge in [-0.15, -0.1) is 5.10 Å². The first kappa shape index (κ1) is 19.2. The third kappa shape index (κ3) is 4.97. The van der Waals surface area contributed by atoms with E-state index in [0.29, 0.717) is 36.5 Å². The van der Waals surface area contributed by atoms with Gasteiger partial charge in [-0.25, -0.2) is 4.79 Å². The molecule has 3 rings (SSSR count). The monoisotopic (exact) mass is 390 g/mol. The molecule has 0 saturated carbocycles. The number of ether oxygens (including phenoxy) is 1. The molecule has 0 aliphatic carbocycles. The molecule has 0 spiro atoms. The van der Waals surface area contributed by atoms with E-state index in [0.717, 1.165) is 24.1 Å². The van der Waals surface area contributed by atoms with Gasteiger partial charge in [0.15, 0.2) is 5.82 Å². The molecule has 2 aromatic rings. The zero-order valence-corrected chi connectivity index (χ0v) is 16.2. The molecule has 1 aromatic heterocycles. The SMILES string of the molecule is CCOC(=O)N1CCC(Nc2nncc(Nc3cccc(Cl)c3C)n2)CC1. The number of benzene rings is 1. The van der Waals surface area contributed by atoms with Crippen LogP contribution in [0.1, 0.15) is 25.3 Å². The normalized spacial score (nSPS) is 14.7.